The van der Waals surface area contributed by atoms with Crippen LogP contribution >= 0.6 is 0 Å². The van der Waals surface area contributed by atoms with E-state index in [1.54, 1.807) is 6.92 Å². The zero-order valence-corrected chi connectivity index (χ0v) is 7.45. The Kier molecular flexibility index (Phi) is 2.80. The fourth-order valence-electron chi connectivity index (χ4n) is 1.02. The van der Waals surface area contributed by atoms with E-state index < -0.39 is 10.9 Å². The molecule has 0 bridgehead atoms. The largest absolute Gasteiger partial charge is 0.481 e. The molecule has 0 spiro atoms. The van der Waals surface area contributed by atoms with Gasteiger partial charge in [0.15, 0.2) is 0 Å². The molecule has 1 rings (SSSR count). The van der Waals surface area contributed by atoms with E-state index in [-0.39, 0.29) is 18.3 Å². The third kappa shape index (κ3) is 2.28. The summed E-state index contributed by atoms with van der Waals surface area (Å²) in [6, 6.07) is 0.847. The van der Waals surface area contributed by atoms with Crippen molar-refractivity contribution in [3.8, 4) is 0 Å². The zero-order valence-electron chi connectivity index (χ0n) is 7.45. The van der Waals surface area contributed by atoms with Gasteiger partial charge in [0, 0.05) is 0 Å². The molecule has 0 aliphatic heterocycles. The normalized spacial score (nSPS) is 12.4. The second-order valence-corrected chi connectivity index (χ2v) is 2.86. The van der Waals surface area contributed by atoms with Gasteiger partial charge in [-0.2, -0.15) is 4.68 Å². The molecule has 1 N–H and O–H groups in total. The third-order valence-electron chi connectivity index (χ3n) is 1.70. The van der Waals surface area contributed by atoms with Gasteiger partial charge in [-0.05, 0) is 11.8 Å². The highest BCUT2D eigenvalue weighted by atomic mass is 16.6. The quantitative estimate of drug-likeness (QED) is 0.571. The Morgan fingerprint density at radius 2 is 2.50 bits per heavy atom. The number of nitrogens with zero attached hydrogens (tertiary/aromatic N) is 3. The Morgan fingerprint density at radius 3 is 2.93 bits per heavy atom. The summed E-state index contributed by atoms with van der Waals surface area (Å²) in [7, 11) is 0. The number of aromatic nitrogens is 2. The van der Waals surface area contributed by atoms with Crippen molar-refractivity contribution in [1.82, 2.24) is 9.78 Å². The van der Waals surface area contributed by atoms with Gasteiger partial charge in [-0.15, -0.1) is 0 Å². The lowest BCUT2D eigenvalue weighted by atomic mass is 10.2. The number of carboxylic acid groups (broad SMARTS) is 1. The van der Waals surface area contributed by atoms with E-state index in [4.69, 9.17) is 5.11 Å². The number of hydrogen-bond donors (Lipinski definition) is 1. The van der Waals surface area contributed by atoms with Crippen LogP contribution in [0.2, 0.25) is 0 Å². The van der Waals surface area contributed by atoms with Crippen LogP contribution in [0.4, 0.5) is 5.82 Å². The number of carbonyl (C=O) groups is 1. The molecule has 0 amide bonds. The highest BCUT2D eigenvalue weighted by molar-refractivity contribution is 5.67. The maximum absolute atomic E-state index is 10.3. The van der Waals surface area contributed by atoms with Crippen molar-refractivity contribution in [2.24, 2.45) is 0 Å². The van der Waals surface area contributed by atoms with Gasteiger partial charge in [-0.1, -0.05) is 0 Å². The summed E-state index contributed by atoms with van der Waals surface area (Å²) in [5, 5.41) is 22.4. The second-order valence-electron chi connectivity index (χ2n) is 2.86. The van der Waals surface area contributed by atoms with E-state index in [0.717, 1.165) is 0 Å². The van der Waals surface area contributed by atoms with Crippen molar-refractivity contribution >= 4 is 11.8 Å². The van der Waals surface area contributed by atoms with Crippen LogP contribution in [0.15, 0.2) is 12.3 Å². The van der Waals surface area contributed by atoms with Gasteiger partial charge in [0.1, 0.15) is 0 Å². The maximum Gasteiger partial charge on any atom is 0.389 e. The van der Waals surface area contributed by atoms with Gasteiger partial charge >= 0.3 is 11.8 Å². The minimum atomic E-state index is -0.962. The highest BCUT2D eigenvalue weighted by Gasteiger charge is 2.17. The Balaban J connectivity index is 2.76. The minimum Gasteiger partial charge on any atom is -0.481 e. The zero-order chi connectivity index (χ0) is 10.7. The van der Waals surface area contributed by atoms with Crippen molar-refractivity contribution in [2.45, 2.75) is 19.4 Å². The molecule has 1 unspecified atom stereocenters. The summed E-state index contributed by atoms with van der Waals surface area (Å²) in [6.45, 7) is 1.63. The molecule has 0 radical (unpaired) electrons. The van der Waals surface area contributed by atoms with Crippen molar-refractivity contribution in [3.05, 3.63) is 22.4 Å². The van der Waals surface area contributed by atoms with Crippen LogP contribution in [0.3, 0.4) is 0 Å². The van der Waals surface area contributed by atoms with Crippen molar-refractivity contribution in [1.29, 1.82) is 0 Å². The topological polar surface area (TPSA) is 98.3 Å². The lowest BCUT2D eigenvalue weighted by Crippen LogP contribution is -2.11. The van der Waals surface area contributed by atoms with E-state index in [9.17, 15) is 14.9 Å². The highest BCUT2D eigenvalue weighted by Crippen LogP contribution is 2.13. The molecule has 0 aliphatic carbocycles. The first-order valence-corrected chi connectivity index (χ1v) is 3.92. The van der Waals surface area contributed by atoms with E-state index in [0.29, 0.717) is 0 Å². The summed E-state index contributed by atoms with van der Waals surface area (Å²) in [5.41, 5.74) is 0. The molecular weight excluding hydrogens is 190 g/mol. The molecule has 1 heterocycles. The summed E-state index contributed by atoms with van der Waals surface area (Å²) < 4.78 is 1.27. The lowest BCUT2D eigenvalue weighted by Gasteiger charge is -2.03. The van der Waals surface area contributed by atoms with Gasteiger partial charge in [0.2, 0.25) is 0 Å². The van der Waals surface area contributed by atoms with Gasteiger partial charge in [0.25, 0.3) is 0 Å². The van der Waals surface area contributed by atoms with E-state index in [2.05, 4.69) is 5.10 Å². The lowest BCUT2D eigenvalue weighted by molar-refractivity contribution is -0.389. The standard InChI is InChI=1S/C7H9N3O4/c1-5(4-7(11)12)9-3-2-6(8-9)10(13)14/h2-3,5H,4H2,1H3,(H,11,12). The Labute approximate surface area is 79.1 Å². The van der Waals surface area contributed by atoms with Gasteiger partial charge < -0.3 is 15.2 Å². The number of carboxylic acids is 1. The minimum absolute atomic E-state index is 0.112. The molecular formula is C7H9N3O4. The summed E-state index contributed by atoms with van der Waals surface area (Å²) in [6.07, 6.45) is 1.28. The average Bonchev–Trinajstić information content (AvgIpc) is 2.50. The van der Waals surface area contributed by atoms with Crippen LogP contribution in [0, 0.1) is 10.1 Å². The van der Waals surface area contributed by atoms with Crippen LogP contribution in [0.25, 0.3) is 0 Å². The molecule has 0 aliphatic rings. The molecule has 1 aromatic rings. The van der Waals surface area contributed by atoms with E-state index in [1.807, 2.05) is 0 Å². The Hall–Kier alpha value is -1.92. The fourth-order valence-corrected chi connectivity index (χ4v) is 1.02. The van der Waals surface area contributed by atoms with Gasteiger partial charge in [-0.3, -0.25) is 4.79 Å². The SMILES string of the molecule is CC(CC(=O)O)n1ccc([N+](=O)[O-])n1. The molecule has 0 saturated heterocycles. The van der Waals surface area contributed by atoms with Crippen molar-refractivity contribution in [3.63, 3.8) is 0 Å². The number of nitro groups is 1. The first-order valence-electron chi connectivity index (χ1n) is 3.92. The molecule has 1 atom stereocenters. The summed E-state index contributed by atoms with van der Waals surface area (Å²) >= 11 is 0. The molecule has 0 aromatic carbocycles. The first-order chi connectivity index (χ1) is 6.50. The molecule has 7 nitrogen and oxygen atoms in total. The van der Waals surface area contributed by atoms with Crippen molar-refractivity contribution < 1.29 is 14.8 Å². The van der Waals surface area contributed by atoms with E-state index in [1.165, 1.54) is 16.9 Å². The smallest absolute Gasteiger partial charge is 0.389 e. The molecule has 1 aromatic heterocycles. The van der Waals surface area contributed by atoms with E-state index >= 15 is 0 Å². The van der Waals surface area contributed by atoms with Crippen molar-refractivity contribution in [2.75, 3.05) is 0 Å². The number of hydrogen-bond acceptors (Lipinski definition) is 4. The van der Waals surface area contributed by atoms with Gasteiger partial charge in [0.05, 0.1) is 29.8 Å². The summed E-state index contributed by atoms with van der Waals surface area (Å²) in [4.78, 5) is 20.0. The van der Waals surface area contributed by atoms with Crippen LogP contribution in [0.1, 0.15) is 19.4 Å². The second kappa shape index (κ2) is 3.86. The Bertz CT molecular complexity index is 360. The molecule has 76 valence electrons. The predicted octanol–water partition coefficient (Wildman–Crippen LogP) is 0.827. The van der Waals surface area contributed by atoms with Gasteiger partial charge in [-0.25, -0.2) is 0 Å². The predicted molar refractivity (Wildman–Crippen MR) is 45.8 cm³/mol. The monoisotopic (exact) mass is 199 g/mol. The molecule has 14 heavy (non-hydrogen) atoms. The van der Waals surface area contributed by atoms with Crippen LogP contribution in [-0.2, 0) is 4.79 Å². The summed E-state index contributed by atoms with van der Waals surface area (Å²) in [5.74, 6) is -1.24. The number of aliphatic carboxylic acids is 1. The fraction of sp³-hybridized carbons (Fsp3) is 0.429. The first kappa shape index (κ1) is 10.2. The van der Waals surface area contributed by atoms with Crippen LogP contribution in [-0.4, -0.2) is 25.8 Å². The molecule has 0 fully saturated rings. The third-order valence-corrected chi connectivity index (χ3v) is 1.70. The van der Waals surface area contributed by atoms with Crippen LogP contribution in [0.5, 0.6) is 0 Å². The molecule has 7 heteroatoms. The number of rotatable bonds is 4. The van der Waals surface area contributed by atoms with Crippen LogP contribution < -0.4 is 0 Å². The average molecular weight is 199 g/mol. The maximum atomic E-state index is 10.3. The Morgan fingerprint density at radius 1 is 1.86 bits per heavy atom. The molecule has 0 saturated carbocycles.